The molecule has 7 heteroatoms. The smallest absolute Gasteiger partial charge is 0.240 e. The van der Waals surface area contributed by atoms with Crippen LogP contribution in [0.15, 0.2) is 47.4 Å². The van der Waals surface area contributed by atoms with E-state index in [1.54, 1.807) is 12.1 Å². The van der Waals surface area contributed by atoms with E-state index in [0.29, 0.717) is 36.8 Å². The molecule has 3 rings (SSSR count). The summed E-state index contributed by atoms with van der Waals surface area (Å²) in [5.41, 5.74) is 1.38. The first kappa shape index (κ1) is 18.5. The van der Waals surface area contributed by atoms with Crippen LogP contribution in [-0.4, -0.2) is 25.7 Å². The number of benzene rings is 2. The monoisotopic (exact) mass is 374 g/mol. The van der Waals surface area contributed by atoms with Crippen molar-refractivity contribution in [3.8, 4) is 17.2 Å². The maximum absolute atomic E-state index is 13.3. The predicted molar refractivity (Wildman–Crippen MR) is 95.1 cm³/mol. The van der Waals surface area contributed by atoms with E-state index in [2.05, 4.69) is 4.72 Å². The van der Waals surface area contributed by atoms with Gasteiger partial charge >= 0.3 is 0 Å². The van der Waals surface area contributed by atoms with Crippen molar-refractivity contribution in [2.24, 2.45) is 0 Å². The Balaban J connectivity index is 1.80. The second kappa shape index (κ2) is 7.54. The lowest BCUT2D eigenvalue weighted by molar-refractivity contribution is 0.120. The second-order valence-electron chi connectivity index (χ2n) is 6.45. The highest BCUT2D eigenvalue weighted by Crippen LogP contribution is 2.26. The topological polar surface area (TPSA) is 90.2 Å². The molecule has 0 aliphatic heterocycles. The Morgan fingerprint density at radius 3 is 2.35 bits per heavy atom. The van der Waals surface area contributed by atoms with E-state index in [-0.39, 0.29) is 22.6 Å². The molecular formula is C19H19FN2O3S. The van der Waals surface area contributed by atoms with Crippen LogP contribution in [0.5, 0.6) is 0 Å². The van der Waals surface area contributed by atoms with Crippen LogP contribution < -0.4 is 4.72 Å². The number of hydrogen-bond donors (Lipinski definition) is 2. The SMILES string of the molecule is N#Cc1cc(F)ccc1-c1ccc(S(=O)(=O)N[C@H]2CC[C@@H](O)CC2)cc1. The Bertz CT molecular complexity index is 928. The van der Waals surface area contributed by atoms with Crippen molar-refractivity contribution in [2.75, 3.05) is 0 Å². The average Bonchev–Trinajstić information content (AvgIpc) is 2.63. The fraction of sp³-hybridized carbons (Fsp3) is 0.316. The summed E-state index contributed by atoms with van der Waals surface area (Å²) in [5.74, 6) is -0.494. The molecule has 2 aromatic rings. The number of halogens is 1. The molecule has 136 valence electrons. The van der Waals surface area contributed by atoms with Gasteiger partial charge in [0, 0.05) is 6.04 Å². The Labute approximate surface area is 152 Å². The minimum Gasteiger partial charge on any atom is -0.393 e. The standard InChI is InChI=1S/C19H19FN2O3S/c20-15-3-10-19(14(11-15)12-21)13-1-8-18(9-2-13)26(24,25)22-16-4-6-17(23)7-5-16/h1-3,8-11,16-17,22-23H,4-7H2/t16-,17+. The van der Waals surface area contributed by atoms with Crippen molar-refractivity contribution < 1.29 is 17.9 Å². The highest BCUT2D eigenvalue weighted by Gasteiger charge is 2.24. The molecule has 1 saturated carbocycles. The first-order valence-corrected chi connectivity index (χ1v) is 9.88. The molecule has 0 heterocycles. The summed E-state index contributed by atoms with van der Waals surface area (Å²) < 4.78 is 41.0. The van der Waals surface area contributed by atoms with Gasteiger partial charge in [-0.25, -0.2) is 17.5 Å². The van der Waals surface area contributed by atoms with Gasteiger partial charge in [-0.05, 0) is 61.1 Å². The lowest BCUT2D eigenvalue weighted by Crippen LogP contribution is -2.38. The van der Waals surface area contributed by atoms with Crippen molar-refractivity contribution in [1.82, 2.24) is 4.72 Å². The van der Waals surface area contributed by atoms with E-state index in [4.69, 9.17) is 5.26 Å². The summed E-state index contributed by atoms with van der Waals surface area (Å²) in [6.07, 6.45) is 2.06. The first-order chi connectivity index (χ1) is 12.4. The molecule has 0 amide bonds. The van der Waals surface area contributed by atoms with Crippen LogP contribution in [0.3, 0.4) is 0 Å². The van der Waals surface area contributed by atoms with Crippen LogP contribution in [0, 0.1) is 17.1 Å². The van der Waals surface area contributed by atoms with Crippen LogP contribution in [-0.2, 0) is 10.0 Å². The molecule has 5 nitrogen and oxygen atoms in total. The van der Waals surface area contributed by atoms with Crippen LogP contribution in [0.25, 0.3) is 11.1 Å². The third kappa shape index (κ3) is 4.10. The van der Waals surface area contributed by atoms with Crippen molar-refractivity contribution in [3.05, 3.63) is 53.8 Å². The summed E-state index contributed by atoms with van der Waals surface area (Å²) in [7, 11) is -3.66. The molecule has 1 aliphatic rings. The zero-order valence-electron chi connectivity index (χ0n) is 14.0. The quantitative estimate of drug-likeness (QED) is 0.861. The number of sulfonamides is 1. The molecule has 2 N–H and O–H groups in total. The fourth-order valence-corrected chi connectivity index (χ4v) is 4.46. The molecule has 0 unspecified atom stereocenters. The summed E-state index contributed by atoms with van der Waals surface area (Å²) in [6, 6.07) is 11.8. The lowest BCUT2D eigenvalue weighted by Gasteiger charge is -2.26. The molecule has 0 saturated heterocycles. The summed E-state index contributed by atoms with van der Waals surface area (Å²) >= 11 is 0. The third-order valence-corrected chi connectivity index (χ3v) is 6.13. The molecule has 1 aliphatic carbocycles. The molecule has 0 bridgehead atoms. The Kier molecular flexibility index (Phi) is 5.37. The number of nitriles is 1. The van der Waals surface area contributed by atoms with Crippen molar-refractivity contribution in [3.63, 3.8) is 0 Å². The number of rotatable bonds is 4. The Hall–Kier alpha value is -2.27. The highest BCUT2D eigenvalue weighted by molar-refractivity contribution is 7.89. The molecule has 0 aromatic heterocycles. The van der Waals surface area contributed by atoms with Gasteiger partial charge in [-0.1, -0.05) is 18.2 Å². The van der Waals surface area contributed by atoms with Gasteiger partial charge in [0.05, 0.1) is 22.6 Å². The maximum atomic E-state index is 13.3. The zero-order valence-corrected chi connectivity index (χ0v) is 14.8. The van der Waals surface area contributed by atoms with E-state index in [1.165, 1.54) is 24.3 Å². The molecular weight excluding hydrogens is 355 g/mol. The Morgan fingerprint density at radius 2 is 1.73 bits per heavy atom. The predicted octanol–water partition coefficient (Wildman–Crippen LogP) is 2.95. The number of nitrogens with one attached hydrogen (secondary N) is 1. The maximum Gasteiger partial charge on any atom is 0.240 e. The van der Waals surface area contributed by atoms with Gasteiger partial charge in [-0.3, -0.25) is 0 Å². The van der Waals surface area contributed by atoms with Gasteiger partial charge in [0.15, 0.2) is 0 Å². The van der Waals surface area contributed by atoms with Crippen LogP contribution in [0.1, 0.15) is 31.2 Å². The number of nitrogens with zero attached hydrogens (tertiary/aromatic N) is 1. The average molecular weight is 374 g/mol. The summed E-state index contributed by atoms with van der Waals surface area (Å²) in [5, 5.41) is 18.7. The molecule has 0 atom stereocenters. The molecule has 1 fully saturated rings. The summed E-state index contributed by atoms with van der Waals surface area (Å²) in [4.78, 5) is 0.132. The number of aliphatic hydroxyl groups is 1. The largest absolute Gasteiger partial charge is 0.393 e. The van der Waals surface area contributed by atoms with Crippen LogP contribution in [0.4, 0.5) is 4.39 Å². The van der Waals surface area contributed by atoms with E-state index in [9.17, 15) is 17.9 Å². The zero-order chi connectivity index (χ0) is 18.7. The third-order valence-electron chi connectivity index (χ3n) is 4.60. The van der Waals surface area contributed by atoms with Gasteiger partial charge in [0.1, 0.15) is 5.82 Å². The minimum atomic E-state index is -3.66. The highest BCUT2D eigenvalue weighted by atomic mass is 32.2. The summed E-state index contributed by atoms with van der Waals surface area (Å²) in [6.45, 7) is 0. The van der Waals surface area contributed by atoms with E-state index >= 15 is 0 Å². The van der Waals surface area contributed by atoms with Crippen molar-refractivity contribution in [2.45, 2.75) is 42.7 Å². The molecule has 26 heavy (non-hydrogen) atoms. The van der Waals surface area contributed by atoms with Crippen molar-refractivity contribution >= 4 is 10.0 Å². The molecule has 0 spiro atoms. The fourth-order valence-electron chi connectivity index (χ4n) is 3.16. The van der Waals surface area contributed by atoms with E-state index < -0.39 is 15.8 Å². The van der Waals surface area contributed by atoms with Gasteiger partial charge < -0.3 is 5.11 Å². The van der Waals surface area contributed by atoms with Crippen LogP contribution in [0.2, 0.25) is 0 Å². The van der Waals surface area contributed by atoms with Gasteiger partial charge in [-0.15, -0.1) is 0 Å². The van der Waals surface area contributed by atoms with E-state index in [1.807, 2.05) is 6.07 Å². The first-order valence-electron chi connectivity index (χ1n) is 8.39. The minimum absolute atomic E-state index is 0.132. The van der Waals surface area contributed by atoms with Crippen LogP contribution >= 0.6 is 0 Å². The number of aliphatic hydroxyl groups excluding tert-OH is 1. The van der Waals surface area contributed by atoms with Gasteiger partial charge in [0.2, 0.25) is 10.0 Å². The lowest BCUT2D eigenvalue weighted by atomic mass is 9.94. The molecule has 2 aromatic carbocycles. The Morgan fingerprint density at radius 1 is 1.08 bits per heavy atom. The van der Waals surface area contributed by atoms with Gasteiger partial charge in [0.25, 0.3) is 0 Å². The normalized spacial score (nSPS) is 20.5. The number of hydrogen-bond acceptors (Lipinski definition) is 4. The van der Waals surface area contributed by atoms with E-state index in [0.717, 1.165) is 6.07 Å². The second-order valence-corrected chi connectivity index (χ2v) is 8.17. The molecule has 0 radical (unpaired) electrons. The van der Waals surface area contributed by atoms with Crippen molar-refractivity contribution in [1.29, 1.82) is 5.26 Å². The van der Waals surface area contributed by atoms with Gasteiger partial charge in [-0.2, -0.15) is 5.26 Å².